The molecule has 4 amide bonds. The Bertz CT molecular complexity index is 1430. The second-order valence-corrected chi connectivity index (χ2v) is 8.30. The summed E-state index contributed by atoms with van der Waals surface area (Å²) in [5, 5.41) is 8.19. The molecule has 0 aliphatic carbocycles. The van der Waals surface area contributed by atoms with Gasteiger partial charge in [-0.1, -0.05) is 23.4 Å². The van der Waals surface area contributed by atoms with E-state index in [0.717, 1.165) is 11.1 Å². The third kappa shape index (κ3) is 5.08. The first-order valence-electron chi connectivity index (χ1n) is 11.6. The molecular formula is C27H22N4O7. The molecule has 0 spiro atoms. The zero-order valence-corrected chi connectivity index (χ0v) is 20.2. The topological polar surface area (TPSA) is 142 Å². The summed E-state index contributed by atoms with van der Waals surface area (Å²) in [6, 6.07) is 22.1. The van der Waals surface area contributed by atoms with Crippen LogP contribution in [0.25, 0.3) is 22.8 Å². The van der Waals surface area contributed by atoms with Crippen LogP contribution in [0, 0.1) is 0 Å². The molecule has 2 N–H and O–H groups in total. The van der Waals surface area contributed by atoms with Gasteiger partial charge in [-0.2, -0.15) is 4.98 Å². The van der Waals surface area contributed by atoms with Gasteiger partial charge in [-0.15, -0.1) is 0 Å². The highest BCUT2D eigenvalue weighted by atomic mass is 16.5. The third-order valence-electron chi connectivity index (χ3n) is 5.76. The Morgan fingerprint density at radius 3 is 2.03 bits per heavy atom. The Hall–Kier alpha value is -5.03. The fraction of sp³-hybridized carbons (Fsp3) is 0.148. The van der Waals surface area contributed by atoms with E-state index in [2.05, 4.69) is 20.8 Å². The van der Waals surface area contributed by atoms with E-state index in [1.165, 1.54) is 7.11 Å². The first-order valence-corrected chi connectivity index (χ1v) is 11.6. The molecule has 0 radical (unpaired) electrons. The highest BCUT2D eigenvalue weighted by molar-refractivity contribution is 6.21. The number of carbonyl (C=O) groups excluding carboxylic acids is 3. The van der Waals surface area contributed by atoms with Gasteiger partial charge in [-0.05, 0) is 60.7 Å². The SMILES string of the molecule is COCCC1(Oc2ccc(Oc3ccc(-c4noc(-c5ccccc5)n4)cc3)cc2)C(=O)NC(=O)NC1=O. The number of imide groups is 2. The van der Waals surface area contributed by atoms with Crippen LogP contribution in [-0.4, -0.2) is 47.3 Å². The number of amides is 4. The van der Waals surface area contributed by atoms with Crippen LogP contribution >= 0.6 is 0 Å². The van der Waals surface area contributed by atoms with Crippen molar-refractivity contribution in [3.8, 4) is 40.1 Å². The summed E-state index contributed by atoms with van der Waals surface area (Å²) in [6.07, 6.45) is -0.0910. The van der Waals surface area contributed by atoms with Crippen molar-refractivity contribution in [2.45, 2.75) is 12.0 Å². The third-order valence-corrected chi connectivity index (χ3v) is 5.76. The molecule has 0 unspecified atom stereocenters. The molecule has 3 aromatic carbocycles. The van der Waals surface area contributed by atoms with Crippen molar-refractivity contribution in [2.24, 2.45) is 0 Å². The maximum atomic E-state index is 12.5. The van der Waals surface area contributed by atoms with Gasteiger partial charge in [0.05, 0.1) is 6.61 Å². The van der Waals surface area contributed by atoms with Gasteiger partial charge >= 0.3 is 6.03 Å². The second kappa shape index (κ2) is 10.5. The largest absolute Gasteiger partial charge is 0.467 e. The van der Waals surface area contributed by atoms with E-state index in [4.69, 9.17) is 18.7 Å². The number of benzene rings is 3. The van der Waals surface area contributed by atoms with Crippen LogP contribution in [0.1, 0.15) is 6.42 Å². The van der Waals surface area contributed by atoms with E-state index in [1.54, 1.807) is 36.4 Å². The average Bonchev–Trinajstić information content (AvgIpc) is 3.42. The zero-order chi connectivity index (χ0) is 26.5. The van der Waals surface area contributed by atoms with Crippen LogP contribution in [0.3, 0.4) is 0 Å². The highest BCUT2D eigenvalue weighted by Crippen LogP contribution is 2.30. The van der Waals surface area contributed by atoms with E-state index < -0.39 is 23.4 Å². The second-order valence-electron chi connectivity index (χ2n) is 8.30. The van der Waals surface area contributed by atoms with Gasteiger partial charge in [0.15, 0.2) is 0 Å². The molecule has 2 heterocycles. The van der Waals surface area contributed by atoms with E-state index >= 15 is 0 Å². The summed E-state index contributed by atoms with van der Waals surface area (Å²) in [5.74, 6) is 0.459. The van der Waals surface area contributed by atoms with Gasteiger partial charge in [-0.3, -0.25) is 20.2 Å². The Morgan fingerprint density at radius 1 is 0.789 bits per heavy atom. The van der Waals surface area contributed by atoms with Crippen molar-refractivity contribution >= 4 is 17.8 Å². The number of nitrogens with zero attached hydrogens (tertiary/aromatic N) is 2. The van der Waals surface area contributed by atoms with Crippen molar-refractivity contribution in [3.63, 3.8) is 0 Å². The first kappa shape index (κ1) is 24.7. The van der Waals surface area contributed by atoms with Gasteiger partial charge in [-0.25, -0.2) is 4.79 Å². The molecule has 11 nitrogen and oxygen atoms in total. The van der Waals surface area contributed by atoms with Crippen LogP contribution in [0.5, 0.6) is 17.2 Å². The normalized spacial score (nSPS) is 14.5. The molecular weight excluding hydrogens is 492 g/mol. The van der Waals surface area contributed by atoms with Crippen molar-refractivity contribution < 1.29 is 33.1 Å². The Morgan fingerprint density at radius 2 is 1.39 bits per heavy atom. The minimum atomic E-state index is -1.95. The summed E-state index contributed by atoms with van der Waals surface area (Å²) < 4.78 is 22.1. The molecule has 1 aliphatic heterocycles. The Kier molecular flexibility index (Phi) is 6.83. The summed E-state index contributed by atoms with van der Waals surface area (Å²) in [5.41, 5.74) is -0.352. The molecule has 1 aromatic heterocycles. The first-order chi connectivity index (χ1) is 18.5. The van der Waals surface area contributed by atoms with Crippen molar-refractivity contribution in [1.29, 1.82) is 0 Å². The lowest BCUT2D eigenvalue weighted by atomic mass is 9.95. The van der Waals surface area contributed by atoms with Crippen LogP contribution in [0.4, 0.5) is 4.79 Å². The lowest BCUT2D eigenvalue weighted by Gasteiger charge is -2.34. The summed E-state index contributed by atoms with van der Waals surface area (Å²) in [7, 11) is 1.43. The lowest BCUT2D eigenvalue weighted by Crippen LogP contribution is -2.69. The minimum Gasteiger partial charge on any atom is -0.467 e. The van der Waals surface area contributed by atoms with Crippen molar-refractivity contribution in [1.82, 2.24) is 20.8 Å². The number of nitrogens with one attached hydrogen (secondary N) is 2. The lowest BCUT2D eigenvalue weighted by molar-refractivity contribution is -0.153. The van der Waals surface area contributed by atoms with Gasteiger partial charge in [0.2, 0.25) is 5.82 Å². The molecule has 192 valence electrons. The van der Waals surface area contributed by atoms with Crippen LogP contribution in [0.15, 0.2) is 83.4 Å². The molecule has 0 atom stereocenters. The van der Waals surface area contributed by atoms with Crippen molar-refractivity contribution in [3.05, 3.63) is 78.9 Å². The fourth-order valence-electron chi connectivity index (χ4n) is 3.78. The molecule has 4 aromatic rings. The maximum Gasteiger partial charge on any atom is 0.328 e. The number of barbiturate groups is 1. The highest BCUT2D eigenvalue weighted by Gasteiger charge is 2.52. The number of ether oxygens (including phenoxy) is 3. The standard InChI is InChI=1S/C27H22N4O7/c1-35-16-15-27(24(32)29-26(34)30-25(27)33)37-21-13-11-20(12-14-21)36-19-9-7-17(8-10-19)22-28-23(38-31-22)18-5-3-2-4-6-18/h2-14H,15-16H2,1H3,(H2,29,30,32,33,34). The predicted molar refractivity (Wildman–Crippen MR) is 133 cm³/mol. The van der Waals surface area contributed by atoms with Gasteiger partial charge in [0, 0.05) is 24.7 Å². The number of hydrogen-bond acceptors (Lipinski definition) is 9. The average molecular weight is 514 g/mol. The molecule has 11 heteroatoms. The van der Waals surface area contributed by atoms with E-state index in [1.807, 2.05) is 42.5 Å². The minimum absolute atomic E-state index is 0.0592. The predicted octanol–water partition coefficient (Wildman–Crippen LogP) is 3.72. The number of aromatic nitrogens is 2. The maximum absolute atomic E-state index is 12.5. The van der Waals surface area contributed by atoms with Gasteiger partial charge < -0.3 is 18.7 Å². The quantitative estimate of drug-likeness (QED) is 0.320. The monoisotopic (exact) mass is 514 g/mol. The Labute approximate surface area is 216 Å². The molecule has 5 rings (SSSR count). The molecule has 0 saturated carbocycles. The Balaban J connectivity index is 1.26. The van der Waals surface area contributed by atoms with Crippen LogP contribution in [-0.2, 0) is 14.3 Å². The number of urea groups is 1. The van der Waals surface area contributed by atoms with E-state index in [-0.39, 0.29) is 18.8 Å². The number of carbonyl (C=O) groups is 3. The van der Waals surface area contributed by atoms with Gasteiger partial charge in [0.1, 0.15) is 17.2 Å². The van der Waals surface area contributed by atoms with Crippen LogP contribution < -0.4 is 20.1 Å². The molecule has 1 saturated heterocycles. The van der Waals surface area contributed by atoms with Crippen LogP contribution in [0.2, 0.25) is 0 Å². The summed E-state index contributed by atoms with van der Waals surface area (Å²) in [6.45, 7) is 0.0592. The number of methoxy groups -OCH3 is 1. The fourth-order valence-corrected chi connectivity index (χ4v) is 3.78. The molecule has 1 fully saturated rings. The number of hydrogen-bond donors (Lipinski definition) is 2. The zero-order valence-electron chi connectivity index (χ0n) is 20.2. The number of rotatable bonds is 9. The van der Waals surface area contributed by atoms with Crippen molar-refractivity contribution in [2.75, 3.05) is 13.7 Å². The molecule has 1 aliphatic rings. The van der Waals surface area contributed by atoms with Gasteiger partial charge in [0.25, 0.3) is 23.3 Å². The summed E-state index contributed by atoms with van der Waals surface area (Å²) >= 11 is 0. The van der Waals surface area contributed by atoms with E-state index in [9.17, 15) is 14.4 Å². The summed E-state index contributed by atoms with van der Waals surface area (Å²) in [4.78, 5) is 41.0. The smallest absolute Gasteiger partial charge is 0.328 e. The van der Waals surface area contributed by atoms with E-state index in [0.29, 0.717) is 23.2 Å². The molecule has 38 heavy (non-hydrogen) atoms. The molecule has 0 bridgehead atoms.